The fourth-order valence-corrected chi connectivity index (χ4v) is 2.13. The molecule has 2 heterocycles. The number of hydrogen-bond acceptors (Lipinski definition) is 5. The lowest BCUT2D eigenvalue weighted by Gasteiger charge is -2.00. The number of rotatable bonds is 5. The number of carboxylic acids is 1. The third-order valence-corrected chi connectivity index (χ3v) is 3.11. The normalized spacial score (nSPS) is 10.9. The minimum Gasteiger partial charge on any atom is -0.481 e. The Bertz CT molecular complexity index is 777. The van der Waals surface area contributed by atoms with Crippen LogP contribution in [0.5, 0.6) is 0 Å². The highest BCUT2D eigenvalue weighted by Gasteiger charge is 2.12. The number of nitrogens with zero attached hydrogens (tertiary/aromatic N) is 3. The van der Waals surface area contributed by atoms with Gasteiger partial charge in [-0.05, 0) is 18.6 Å². The van der Waals surface area contributed by atoms with Gasteiger partial charge in [0.15, 0.2) is 0 Å². The molecule has 0 radical (unpaired) electrons. The molecule has 0 fully saturated rings. The molecule has 0 spiro atoms. The van der Waals surface area contributed by atoms with Crippen LogP contribution in [0.2, 0.25) is 0 Å². The first-order chi connectivity index (χ1) is 10.2. The van der Waals surface area contributed by atoms with E-state index in [1.807, 2.05) is 30.3 Å². The molecular weight excluding hydrogens is 270 g/mol. The summed E-state index contributed by atoms with van der Waals surface area (Å²) in [6, 6.07) is 9.60. The summed E-state index contributed by atoms with van der Waals surface area (Å²) in [6.07, 6.45) is 2.74. The fraction of sp³-hybridized carbons (Fsp3) is 0.200. The molecule has 0 saturated carbocycles. The molecule has 0 aliphatic heterocycles. The largest absolute Gasteiger partial charge is 0.481 e. The summed E-state index contributed by atoms with van der Waals surface area (Å²) in [5.74, 6) is 0.0248. The van der Waals surface area contributed by atoms with Gasteiger partial charge in [-0.1, -0.05) is 18.2 Å². The molecule has 106 valence electrons. The molecule has 0 aliphatic carbocycles. The van der Waals surface area contributed by atoms with E-state index in [9.17, 15) is 4.79 Å². The first kappa shape index (κ1) is 13.2. The second-order valence-electron chi connectivity index (χ2n) is 4.63. The molecule has 1 N–H and O–H groups in total. The Labute approximate surface area is 120 Å². The molecule has 3 rings (SSSR count). The Hall–Kier alpha value is -2.76. The highest BCUT2D eigenvalue weighted by Crippen LogP contribution is 2.26. The quantitative estimate of drug-likeness (QED) is 0.774. The molecule has 6 heteroatoms. The Kier molecular flexibility index (Phi) is 3.59. The molecule has 6 nitrogen and oxygen atoms in total. The zero-order valence-corrected chi connectivity index (χ0v) is 11.2. The summed E-state index contributed by atoms with van der Waals surface area (Å²) in [7, 11) is 0. The number of hydrogen-bond donors (Lipinski definition) is 1. The van der Waals surface area contributed by atoms with Crippen LogP contribution in [0, 0.1) is 0 Å². The van der Waals surface area contributed by atoms with Crippen LogP contribution in [0.1, 0.15) is 18.7 Å². The molecule has 0 bridgehead atoms. The summed E-state index contributed by atoms with van der Waals surface area (Å²) in [4.78, 5) is 14.8. The maximum atomic E-state index is 10.5. The molecule has 0 saturated heterocycles. The Balaban J connectivity index is 1.86. The van der Waals surface area contributed by atoms with E-state index >= 15 is 0 Å². The minimum atomic E-state index is -0.826. The molecule has 0 atom stereocenters. The van der Waals surface area contributed by atoms with Gasteiger partial charge in [-0.25, -0.2) is 0 Å². The van der Waals surface area contributed by atoms with Crippen molar-refractivity contribution in [3.05, 3.63) is 42.4 Å². The zero-order valence-electron chi connectivity index (χ0n) is 11.2. The van der Waals surface area contributed by atoms with E-state index in [0.717, 1.165) is 16.5 Å². The smallest absolute Gasteiger partial charge is 0.303 e. The standard InChI is InChI=1S/C15H13N3O3/c19-13(20)8-2-7-12-17-18-15(21-12)11-6-1-4-10-5-3-9-16-14(10)11/h1,3-6,9H,2,7-8H2,(H,19,20). The zero-order chi connectivity index (χ0) is 14.7. The number of aromatic nitrogens is 3. The van der Waals surface area contributed by atoms with Crippen LogP contribution >= 0.6 is 0 Å². The summed E-state index contributed by atoms with van der Waals surface area (Å²) in [5.41, 5.74) is 1.59. The van der Waals surface area contributed by atoms with Crippen molar-refractivity contribution in [2.24, 2.45) is 0 Å². The lowest BCUT2D eigenvalue weighted by atomic mass is 10.1. The van der Waals surface area contributed by atoms with Crippen LogP contribution in [0.3, 0.4) is 0 Å². The summed E-state index contributed by atoms with van der Waals surface area (Å²) >= 11 is 0. The van der Waals surface area contributed by atoms with Gasteiger partial charge in [-0.3, -0.25) is 9.78 Å². The van der Waals surface area contributed by atoms with Crippen molar-refractivity contribution < 1.29 is 14.3 Å². The van der Waals surface area contributed by atoms with Gasteiger partial charge in [-0.15, -0.1) is 10.2 Å². The van der Waals surface area contributed by atoms with Crippen LogP contribution in [0.25, 0.3) is 22.4 Å². The summed E-state index contributed by atoms with van der Waals surface area (Å²) in [5, 5.41) is 17.6. The number of carbonyl (C=O) groups is 1. The minimum absolute atomic E-state index is 0.0908. The van der Waals surface area contributed by atoms with Crippen molar-refractivity contribution in [1.82, 2.24) is 15.2 Å². The number of fused-ring (bicyclic) bond motifs is 1. The molecule has 1 aromatic carbocycles. The van der Waals surface area contributed by atoms with Crippen molar-refractivity contribution in [1.29, 1.82) is 0 Å². The monoisotopic (exact) mass is 283 g/mol. The number of carboxylic acid groups (broad SMARTS) is 1. The van der Waals surface area contributed by atoms with Gasteiger partial charge in [0.05, 0.1) is 11.1 Å². The van der Waals surface area contributed by atoms with E-state index in [2.05, 4.69) is 15.2 Å². The first-order valence-electron chi connectivity index (χ1n) is 6.62. The van der Waals surface area contributed by atoms with E-state index in [1.165, 1.54) is 0 Å². The van der Waals surface area contributed by atoms with Crippen LogP contribution in [-0.4, -0.2) is 26.3 Å². The number of para-hydroxylation sites is 1. The number of pyridine rings is 1. The highest BCUT2D eigenvalue weighted by atomic mass is 16.4. The Morgan fingerprint density at radius 1 is 1.19 bits per heavy atom. The second kappa shape index (κ2) is 5.70. The van der Waals surface area contributed by atoms with Crippen molar-refractivity contribution >= 4 is 16.9 Å². The van der Waals surface area contributed by atoms with Crippen LogP contribution in [-0.2, 0) is 11.2 Å². The SMILES string of the molecule is O=C(O)CCCc1nnc(-c2cccc3cccnc23)o1. The lowest BCUT2D eigenvalue weighted by Crippen LogP contribution is -1.95. The third kappa shape index (κ3) is 2.89. The van der Waals surface area contributed by atoms with Crippen molar-refractivity contribution in [2.45, 2.75) is 19.3 Å². The van der Waals surface area contributed by atoms with Crippen LogP contribution in [0.15, 0.2) is 40.9 Å². The van der Waals surface area contributed by atoms with Gasteiger partial charge in [-0.2, -0.15) is 0 Å². The van der Waals surface area contributed by atoms with E-state index in [-0.39, 0.29) is 6.42 Å². The van der Waals surface area contributed by atoms with Gasteiger partial charge >= 0.3 is 5.97 Å². The van der Waals surface area contributed by atoms with Gasteiger partial charge in [0.2, 0.25) is 11.8 Å². The predicted molar refractivity (Wildman–Crippen MR) is 75.6 cm³/mol. The fourth-order valence-electron chi connectivity index (χ4n) is 2.13. The van der Waals surface area contributed by atoms with Gasteiger partial charge in [0.1, 0.15) is 0 Å². The lowest BCUT2D eigenvalue weighted by molar-refractivity contribution is -0.137. The number of aliphatic carboxylic acids is 1. The molecular formula is C15H13N3O3. The molecule has 3 aromatic rings. The van der Waals surface area contributed by atoms with Crippen LogP contribution in [0.4, 0.5) is 0 Å². The first-order valence-corrected chi connectivity index (χ1v) is 6.62. The Morgan fingerprint density at radius 2 is 2.05 bits per heavy atom. The topological polar surface area (TPSA) is 89.1 Å². The van der Waals surface area contributed by atoms with E-state index in [0.29, 0.717) is 24.6 Å². The third-order valence-electron chi connectivity index (χ3n) is 3.11. The maximum absolute atomic E-state index is 10.5. The molecule has 0 unspecified atom stereocenters. The average molecular weight is 283 g/mol. The van der Waals surface area contributed by atoms with Crippen molar-refractivity contribution in [3.8, 4) is 11.5 Å². The maximum Gasteiger partial charge on any atom is 0.303 e. The predicted octanol–water partition coefficient (Wildman–Crippen LogP) is 2.69. The van der Waals surface area contributed by atoms with Gasteiger partial charge in [0.25, 0.3) is 0 Å². The van der Waals surface area contributed by atoms with Crippen LogP contribution < -0.4 is 0 Å². The molecule has 2 aromatic heterocycles. The highest BCUT2D eigenvalue weighted by molar-refractivity contribution is 5.91. The van der Waals surface area contributed by atoms with Gasteiger partial charge in [0, 0.05) is 24.4 Å². The molecule has 0 aliphatic rings. The van der Waals surface area contributed by atoms with Crippen molar-refractivity contribution in [3.63, 3.8) is 0 Å². The number of aryl methyl sites for hydroxylation is 1. The summed E-state index contributed by atoms with van der Waals surface area (Å²) < 4.78 is 5.60. The second-order valence-corrected chi connectivity index (χ2v) is 4.63. The Morgan fingerprint density at radius 3 is 2.90 bits per heavy atom. The van der Waals surface area contributed by atoms with E-state index < -0.39 is 5.97 Å². The summed E-state index contributed by atoms with van der Waals surface area (Å²) in [6.45, 7) is 0. The average Bonchev–Trinajstić information content (AvgIpc) is 2.95. The van der Waals surface area contributed by atoms with Crippen molar-refractivity contribution in [2.75, 3.05) is 0 Å². The molecule has 0 amide bonds. The molecule has 21 heavy (non-hydrogen) atoms. The number of benzene rings is 1. The van der Waals surface area contributed by atoms with E-state index in [4.69, 9.17) is 9.52 Å². The van der Waals surface area contributed by atoms with E-state index in [1.54, 1.807) is 6.20 Å². The van der Waals surface area contributed by atoms with Gasteiger partial charge < -0.3 is 9.52 Å².